The lowest BCUT2D eigenvalue weighted by Crippen LogP contribution is -2.22. The largest absolute Gasteiger partial charge is 0.369 e. The highest BCUT2D eigenvalue weighted by Crippen LogP contribution is 2.32. The van der Waals surface area contributed by atoms with Crippen LogP contribution in [-0.4, -0.2) is 16.7 Å². The number of H-pyrrole nitrogens is 1. The number of halogens is 2. The van der Waals surface area contributed by atoms with Crippen molar-refractivity contribution in [2.24, 2.45) is 21.7 Å². The van der Waals surface area contributed by atoms with Crippen LogP contribution < -0.4 is 11.5 Å². The Balaban J connectivity index is 1.92. The zero-order valence-electron chi connectivity index (χ0n) is 15.9. The highest BCUT2D eigenvalue weighted by atomic mass is 35.5. The van der Waals surface area contributed by atoms with Gasteiger partial charge in [0, 0.05) is 32.9 Å². The summed E-state index contributed by atoms with van der Waals surface area (Å²) >= 11 is 12.1. The molecule has 4 rings (SSSR count). The van der Waals surface area contributed by atoms with Crippen molar-refractivity contribution in [3.05, 3.63) is 94.0 Å². The normalized spacial score (nSPS) is 11.6. The summed E-state index contributed by atoms with van der Waals surface area (Å²) in [4.78, 5) is 3.51. The first-order valence-corrected chi connectivity index (χ1v) is 10.0. The van der Waals surface area contributed by atoms with Crippen molar-refractivity contribution < 1.29 is 0 Å². The monoisotopic (exact) mass is 435 g/mol. The van der Waals surface area contributed by atoms with Crippen LogP contribution in [-0.2, 0) is 6.42 Å². The molecule has 0 amide bonds. The van der Waals surface area contributed by atoms with Gasteiger partial charge >= 0.3 is 0 Å². The van der Waals surface area contributed by atoms with Gasteiger partial charge in [-0.3, -0.25) is 0 Å². The first-order chi connectivity index (χ1) is 14.5. The van der Waals surface area contributed by atoms with Crippen LogP contribution >= 0.6 is 23.2 Å². The summed E-state index contributed by atoms with van der Waals surface area (Å²) in [6.45, 7) is 0. The summed E-state index contributed by atoms with van der Waals surface area (Å²) in [5.74, 6) is -0.100. The van der Waals surface area contributed by atoms with Crippen molar-refractivity contribution in [3.63, 3.8) is 0 Å². The third-order valence-corrected chi connectivity index (χ3v) is 5.20. The number of nitrogens with one attached hydrogen (secondary N) is 1. The molecule has 5 nitrogen and oxygen atoms in total. The summed E-state index contributed by atoms with van der Waals surface area (Å²) in [7, 11) is 0. The molecule has 0 saturated carbocycles. The number of benzene rings is 3. The van der Waals surface area contributed by atoms with Gasteiger partial charge in [-0.1, -0.05) is 65.7 Å². The van der Waals surface area contributed by atoms with Gasteiger partial charge in [0.25, 0.3) is 0 Å². The van der Waals surface area contributed by atoms with E-state index in [2.05, 4.69) is 15.2 Å². The zero-order valence-corrected chi connectivity index (χ0v) is 17.5. The predicted molar refractivity (Wildman–Crippen MR) is 126 cm³/mol. The summed E-state index contributed by atoms with van der Waals surface area (Å²) in [5.41, 5.74) is 16.7. The number of hydrogen-bond donors (Lipinski definition) is 3. The van der Waals surface area contributed by atoms with Crippen LogP contribution in [0.4, 0.5) is 0 Å². The minimum Gasteiger partial charge on any atom is -0.369 e. The lowest BCUT2D eigenvalue weighted by Gasteiger charge is -2.09. The lowest BCUT2D eigenvalue weighted by atomic mass is 9.96. The molecule has 150 valence electrons. The Kier molecular flexibility index (Phi) is 5.74. The standard InChI is InChI=1S/C23H19Cl2N5/c24-16-9-5-14(6-10-16)13-20(29-30-23(26)27)21-18-3-1-2-4-19(18)28-22(21)15-7-11-17(25)12-8-15/h1-12,28H,13H2,(H4,26,27,30)/b29-20-. The molecular formula is C23H19Cl2N5. The van der Waals surface area contributed by atoms with E-state index in [1.54, 1.807) is 0 Å². The fourth-order valence-electron chi connectivity index (χ4n) is 3.36. The average Bonchev–Trinajstić information content (AvgIpc) is 3.12. The smallest absolute Gasteiger partial charge is 0.211 e. The molecule has 1 aromatic heterocycles. The van der Waals surface area contributed by atoms with E-state index in [1.165, 1.54) is 0 Å². The van der Waals surface area contributed by atoms with Gasteiger partial charge in [-0.25, -0.2) is 0 Å². The maximum Gasteiger partial charge on any atom is 0.211 e. The molecule has 1 heterocycles. The molecule has 0 radical (unpaired) electrons. The molecular weight excluding hydrogens is 417 g/mol. The first kappa shape index (κ1) is 20.0. The van der Waals surface area contributed by atoms with E-state index in [0.717, 1.165) is 39.0 Å². The highest BCUT2D eigenvalue weighted by molar-refractivity contribution is 6.31. The molecule has 0 aliphatic heterocycles. The van der Waals surface area contributed by atoms with Gasteiger partial charge in [-0.2, -0.15) is 5.10 Å². The van der Waals surface area contributed by atoms with Crippen LogP contribution in [0.5, 0.6) is 0 Å². The number of fused-ring (bicyclic) bond motifs is 1. The topological polar surface area (TPSA) is 92.6 Å². The average molecular weight is 436 g/mol. The van der Waals surface area contributed by atoms with Gasteiger partial charge in [0.2, 0.25) is 5.96 Å². The molecule has 3 aromatic carbocycles. The summed E-state index contributed by atoms with van der Waals surface area (Å²) < 4.78 is 0. The van der Waals surface area contributed by atoms with E-state index in [0.29, 0.717) is 16.5 Å². The molecule has 0 aliphatic rings. The highest BCUT2D eigenvalue weighted by Gasteiger charge is 2.19. The maximum atomic E-state index is 6.09. The first-order valence-electron chi connectivity index (χ1n) is 9.28. The minimum absolute atomic E-state index is 0.100. The summed E-state index contributed by atoms with van der Waals surface area (Å²) in [6.07, 6.45) is 0.524. The van der Waals surface area contributed by atoms with Crippen LogP contribution in [0.15, 0.2) is 83.0 Å². The van der Waals surface area contributed by atoms with Crippen molar-refractivity contribution >= 4 is 45.8 Å². The van der Waals surface area contributed by atoms with Gasteiger partial charge in [-0.05, 0) is 41.5 Å². The number of nitrogens with zero attached hydrogens (tertiary/aromatic N) is 2. The Labute approximate surface area is 184 Å². The van der Waals surface area contributed by atoms with E-state index in [4.69, 9.17) is 34.7 Å². The quantitative estimate of drug-likeness (QED) is 0.223. The van der Waals surface area contributed by atoms with E-state index in [1.807, 2.05) is 72.8 Å². The third-order valence-electron chi connectivity index (χ3n) is 4.70. The Hall–Kier alpha value is -3.28. The van der Waals surface area contributed by atoms with Gasteiger partial charge in [0.1, 0.15) is 0 Å². The second-order valence-corrected chi connectivity index (χ2v) is 7.68. The molecule has 4 aromatic rings. The van der Waals surface area contributed by atoms with Crippen molar-refractivity contribution in [1.29, 1.82) is 0 Å². The molecule has 0 spiro atoms. The SMILES string of the molecule is NC(N)=N/N=C(/Cc1ccc(Cl)cc1)c1c(-c2ccc(Cl)cc2)[nH]c2ccccc12. The molecule has 0 aliphatic carbocycles. The van der Waals surface area contributed by atoms with Gasteiger partial charge in [0.15, 0.2) is 0 Å². The van der Waals surface area contributed by atoms with Crippen LogP contribution in [0.3, 0.4) is 0 Å². The van der Waals surface area contributed by atoms with E-state index in [9.17, 15) is 0 Å². The number of aromatic amines is 1. The summed E-state index contributed by atoms with van der Waals surface area (Å²) in [5, 5.41) is 10.7. The molecule has 0 bridgehead atoms. The molecule has 0 fully saturated rings. The van der Waals surface area contributed by atoms with Crippen molar-refractivity contribution in [3.8, 4) is 11.3 Å². The predicted octanol–water partition coefficient (Wildman–Crippen LogP) is 5.36. The van der Waals surface area contributed by atoms with Crippen LogP contribution in [0, 0.1) is 0 Å². The zero-order chi connectivity index (χ0) is 21.1. The summed E-state index contributed by atoms with van der Waals surface area (Å²) in [6, 6.07) is 23.3. The number of aromatic nitrogens is 1. The van der Waals surface area contributed by atoms with E-state index in [-0.39, 0.29) is 5.96 Å². The van der Waals surface area contributed by atoms with Crippen molar-refractivity contribution in [1.82, 2.24) is 4.98 Å². The van der Waals surface area contributed by atoms with E-state index < -0.39 is 0 Å². The third kappa shape index (κ3) is 4.32. The fraction of sp³-hybridized carbons (Fsp3) is 0.0435. The molecule has 5 N–H and O–H groups in total. The molecule has 0 saturated heterocycles. The van der Waals surface area contributed by atoms with Crippen LogP contribution in [0.1, 0.15) is 11.1 Å². The van der Waals surface area contributed by atoms with E-state index >= 15 is 0 Å². The number of para-hydroxylation sites is 1. The Morgan fingerprint density at radius 1 is 0.800 bits per heavy atom. The maximum absolute atomic E-state index is 6.09. The van der Waals surface area contributed by atoms with Gasteiger partial charge in [0.05, 0.1) is 11.4 Å². The lowest BCUT2D eigenvalue weighted by molar-refractivity contribution is 1.17. The van der Waals surface area contributed by atoms with Crippen LogP contribution in [0.25, 0.3) is 22.2 Å². The van der Waals surface area contributed by atoms with Gasteiger partial charge < -0.3 is 16.5 Å². The molecule has 30 heavy (non-hydrogen) atoms. The Bertz CT molecular complexity index is 1240. The van der Waals surface area contributed by atoms with Gasteiger partial charge in [-0.15, -0.1) is 5.10 Å². The number of nitrogens with two attached hydrogens (primary N) is 2. The van der Waals surface area contributed by atoms with Crippen molar-refractivity contribution in [2.75, 3.05) is 0 Å². The number of hydrogen-bond acceptors (Lipinski definition) is 2. The fourth-order valence-corrected chi connectivity index (χ4v) is 3.61. The molecule has 0 unspecified atom stereocenters. The minimum atomic E-state index is -0.100. The second-order valence-electron chi connectivity index (χ2n) is 6.80. The number of guanidine groups is 1. The molecule has 7 heteroatoms. The number of rotatable bonds is 5. The van der Waals surface area contributed by atoms with Crippen molar-refractivity contribution in [2.45, 2.75) is 6.42 Å². The Morgan fingerprint density at radius 3 is 2.10 bits per heavy atom. The Morgan fingerprint density at radius 2 is 1.43 bits per heavy atom. The second kappa shape index (κ2) is 8.61. The molecule has 0 atom stereocenters. The van der Waals surface area contributed by atoms with Crippen LogP contribution in [0.2, 0.25) is 10.0 Å².